The van der Waals surface area contributed by atoms with E-state index in [4.69, 9.17) is 5.73 Å². The minimum atomic E-state index is -0.614. The number of hydrogen-bond donors (Lipinski definition) is 2. The van der Waals surface area contributed by atoms with Crippen molar-refractivity contribution in [1.82, 2.24) is 19.7 Å². The van der Waals surface area contributed by atoms with E-state index in [0.29, 0.717) is 29.3 Å². The lowest BCUT2D eigenvalue weighted by atomic mass is 9.75. The van der Waals surface area contributed by atoms with Crippen molar-refractivity contribution in [3.05, 3.63) is 28.8 Å². The summed E-state index contributed by atoms with van der Waals surface area (Å²) in [4.78, 5) is 33.5. The Morgan fingerprint density at radius 3 is 2.66 bits per heavy atom. The molecule has 0 atom stereocenters. The Hall–Kier alpha value is -2.77. The Morgan fingerprint density at radius 2 is 1.97 bits per heavy atom. The van der Waals surface area contributed by atoms with E-state index in [0.717, 1.165) is 37.8 Å². The fraction of sp³-hybridized carbons (Fsp3) is 0.571. The van der Waals surface area contributed by atoms with Gasteiger partial charge in [0.1, 0.15) is 0 Å². The van der Waals surface area contributed by atoms with Crippen molar-refractivity contribution in [2.75, 3.05) is 5.32 Å². The van der Waals surface area contributed by atoms with Crippen molar-refractivity contribution in [3.8, 4) is 5.82 Å². The summed E-state index contributed by atoms with van der Waals surface area (Å²) in [5.41, 5.74) is 7.76. The molecular formula is C21H28N6O2. The molecule has 3 N–H and O–H groups in total. The first-order valence-electron chi connectivity index (χ1n) is 10.3. The molecule has 0 spiro atoms. The number of Topliss-reactive ketones (excluding diaryl/α,β-unsaturated/α-hetero) is 1. The number of hydrogen-bond acceptors (Lipinski definition) is 6. The number of primary amides is 1. The van der Waals surface area contributed by atoms with Crippen LogP contribution in [0.4, 0.5) is 5.82 Å². The van der Waals surface area contributed by atoms with Crippen LogP contribution in [-0.2, 0) is 6.42 Å². The third-order valence-electron chi connectivity index (χ3n) is 5.88. The van der Waals surface area contributed by atoms with E-state index in [-0.39, 0.29) is 22.9 Å². The normalized spacial score (nSPS) is 19.1. The number of rotatable bonds is 4. The molecule has 29 heavy (non-hydrogen) atoms. The Labute approximate surface area is 170 Å². The number of amides is 1. The summed E-state index contributed by atoms with van der Waals surface area (Å²) in [5.74, 6) is 0.382. The molecule has 2 aliphatic carbocycles. The first-order valence-corrected chi connectivity index (χ1v) is 10.3. The summed E-state index contributed by atoms with van der Waals surface area (Å²) in [6, 6.07) is 0.250. The van der Waals surface area contributed by atoms with Gasteiger partial charge in [-0.1, -0.05) is 33.1 Å². The molecule has 1 fully saturated rings. The van der Waals surface area contributed by atoms with Gasteiger partial charge in [-0.15, -0.1) is 0 Å². The van der Waals surface area contributed by atoms with Gasteiger partial charge in [-0.05, 0) is 31.6 Å². The SMILES string of the molecule is Cc1nn(-c2cnc(C(N)=O)c(NC3CCCCC3)n2)c2c1C(=O)CC(C)(C)C2. The number of nitrogens with one attached hydrogen (secondary N) is 1. The summed E-state index contributed by atoms with van der Waals surface area (Å²) in [6.07, 6.45) is 8.33. The van der Waals surface area contributed by atoms with E-state index >= 15 is 0 Å². The van der Waals surface area contributed by atoms with Crippen LogP contribution in [0.1, 0.15) is 84.6 Å². The molecule has 0 aromatic carbocycles. The van der Waals surface area contributed by atoms with Crippen molar-refractivity contribution in [2.45, 2.75) is 71.8 Å². The number of nitrogens with zero attached hydrogens (tertiary/aromatic N) is 4. The molecule has 154 valence electrons. The predicted molar refractivity (Wildman–Crippen MR) is 109 cm³/mol. The molecule has 2 heterocycles. The number of aryl methyl sites for hydroxylation is 1. The van der Waals surface area contributed by atoms with Gasteiger partial charge < -0.3 is 11.1 Å². The van der Waals surface area contributed by atoms with Gasteiger partial charge in [0.15, 0.2) is 23.1 Å². The highest BCUT2D eigenvalue weighted by Gasteiger charge is 2.36. The molecule has 0 aliphatic heterocycles. The van der Waals surface area contributed by atoms with Crippen molar-refractivity contribution in [3.63, 3.8) is 0 Å². The molecule has 2 aliphatic rings. The van der Waals surface area contributed by atoms with Crippen molar-refractivity contribution in [1.29, 1.82) is 0 Å². The number of carbonyl (C=O) groups is 2. The van der Waals surface area contributed by atoms with Gasteiger partial charge in [-0.2, -0.15) is 5.10 Å². The van der Waals surface area contributed by atoms with Crippen LogP contribution in [0.15, 0.2) is 6.20 Å². The summed E-state index contributed by atoms with van der Waals surface area (Å²) in [7, 11) is 0. The van der Waals surface area contributed by atoms with E-state index in [1.165, 1.54) is 12.6 Å². The maximum absolute atomic E-state index is 12.7. The van der Waals surface area contributed by atoms with Gasteiger partial charge in [0, 0.05) is 12.5 Å². The predicted octanol–water partition coefficient (Wildman–Crippen LogP) is 2.97. The number of aromatic nitrogens is 4. The van der Waals surface area contributed by atoms with E-state index in [1.54, 1.807) is 4.68 Å². The first-order chi connectivity index (χ1) is 13.7. The fourth-order valence-electron chi connectivity index (χ4n) is 4.53. The second-order valence-electron chi connectivity index (χ2n) is 9.03. The van der Waals surface area contributed by atoms with E-state index in [9.17, 15) is 9.59 Å². The summed E-state index contributed by atoms with van der Waals surface area (Å²) in [6.45, 7) is 6.01. The minimum Gasteiger partial charge on any atom is -0.365 e. The largest absolute Gasteiger partial charge is 0.365 e. The molecular weight excluding hydrogens is 368 g/mol. The van der Waals surface area contributed by atoms with Gasteiger partial charge >= 0.3 is 0 Å². The Balaban J connectivity index is 1.76. The van der Waals surface area contributed by atoms with Crippen molar-refractivity contribution in [2.24, 2.45) is 11.1 Å². The molecule has 0 saturated heterocycles. The van der Waals surface area contributed by atoms with Crippen molar-refractivity contribution < 1.29 is 9.59 Å². The van der Waals surface area contributed by atoms with Crippen LogP contribution >= 0.6 is 0 Å². The Kier molecular flexibility index (Phi) is 4.88. The molecule has 4 rings (SSSR count). The molecule has 8 nitrogen and oxygen atoms in total. The monoisotopic (exact) mass is 396 g/mol. The number of ketones is 1. The van der Waals surface area contributed by atoms with Gasteiger partial charge in [0.25, 0.3) is 5.91 Å². The zero-order valence-corrected chi connectivity index (χ0v) is 17.3. The van der Waals surface area contributed by atoms with E-state index in [1.807, 2.05) is 6.92 Å². The van der Waals surface area contributed by atoms with Gasteiger partial charge in [0.05, 0.1) is 23.1 Å². The molecule has 1 saturated carbocycles. The zero-order chi connectivity index (χ0) is 20.8. The third kappa shape index (κ3) is 3.75. The smallest absolute Gasteiger partial charge is 0.271 e. The van der Waals surface area contributed by atoms with Crippen LogP contribution < -0.4 is 11.1 Å². The third-order valence-corrected chi connectivity index (χ3v) is 5.88. The molecule has 0 bridgehead atoms. The van der Waals surface area contributed by atoms with Crippen LogP contribution in [0.25, 0.3) is 5.82 Å². The zero-order valence-electron chi connectivity index (χ0n) is 17.3. The van der Waals surface area contributed by atoms with E-state index < -0.39 is 5.91 Å². The summed E-state index contributed by atoms with van der Waals surface area (Å²) in [5, 5.41) is 7.96. The lowest BCUT2D eigenvalue weighted by Gasteiger charge is -2.29. The number of fused-ring (bicyclic) bond motifs is 1. The van der Waals surface area contributed by atoms with Crippen LogP contribution in [0.5, 0.6) is 0 Å². The number of carbonyl (C=O) groups excluding carboxylic acids is 2. The van der Waals surface area contributed by atoms with Gasteiger partial charge in [-0.25, -0.2) is 14.6 Å². The van der Waals surface area contributed by atoms with Crippen LogP contribution in [0, 0.1) is 12.3 Å². The fourth-order valence-corrected chi connectivity index (χ4v) is 4.53. The lowest BCUT2D eigenvalue weighted by molar-refractivity contribution is 0.0909. The first kappa shape index (κ1) is 19.5. The topological polar surface area (TPSA) is 116 Å². The van der Waals surface area contributed by atoms with Crippen LogP contribution in [0.2, 0.25) is 0 Å². The maximum atomic E-state index is 12.7. The van der Waals surface area contributed by atoms with Gasteiger partial charge in [-0.3, -0.25) is 9.59 Å². The Morgan fingerprint density at radius 1 is 1.24 bits per heavy atom. The quantitative estimate of drug-likeness (QED) is 0.821. The molecule has 2 aromatic heterocycles. The second kappa shape index (κ2) is 7.24. The summed E-state index contributed by atoms with van der Waals surface area (Å²) >= 11 is 0. The molecule has 2 aromatic rings. The minimum absolute atomic E-state index is 0.113. The molecule has 0 radical (unpaired) electrons. The molecule has 0 unspecified atom stereocenters. The second-order valence-corrected chi connectivity index (χ2v) is 9.03. The highest BCUT2D eigenvalue weighted by atomic mass is 16.1. The highest BCUT2D eigenvalue weighted by molar-refractivity contribution is 6.00. The number of nitrogens with two attached hydrogens (primary N) is 1. The average Bonchev–Trinajstić information content (AvgIpc) is 2.97. The average molecular weight is 396 g/mol. The molecule has 1 amide bonds. The van der Waals surface area contributed by atoms with Crippen molar-refractivity contribution >= 4 is 17.5 Å². The standard InChI is InChI=1S/C21H28N6O2/c1-12-17-14(9-21(2,3)10-15(17)28)27(26-12)16-11-23-18(19(22)29)20(25-16)24-13-7-5-4-6-8-13/h11,13H,4-10H2,1-3H3,(H2,22,29)(H,24,25). The maximum Gasteiger partial charge on any atom is 0.271 e. The highest BCUT2D eigenvalue weighted by Crippen LogP contribution is 2.37. The Bertz CT molecular complexity index is 972. The lowest BCUT2D eigenvalue weighted by Crippen LogP contribution is -2.29. The number of anilines is 1. The van der Waals surface area contributed by atoms with E-state index in [2.05, 4.69) is 34.2 Å². The van der Waals surface area contributed by atoms with Crippen LogP contribution in [-0.4, -0.2) is 37.5 Å². The van der Waals surface area contributed by atoms with Gasteiger partial charge in [0.2, 0.25) is 0 Å². The molecule has 8 heteroatoms. The van der Waals surface area contributed by atoms with Crippen LogP contribution in [0.3, 0.4) is 0 Å². The summed E-state index contributed by atoms with van der Waals surface area (Å²) < 4.78 is 1.70.